The number of unbranched alkanes of at least 4 members (excludes halogenated alkanes) is 3. The lowest BCUT2D eigenvalue weighted by Gasteiger charge is -2.16. The number of rotatable bonds is 10. The SMILES string of the molecule is O=C(O)CCCCCCC1C(=O)NC(=O)N1N=CC(O)c1ccccc1. The van der Waals surface area contributed by atoms with Gasteiger partial charge in [-0.3, -0.25) is 14.9 Å². The van der Waals surface area contributed by atoms with E-state index in [1.165, 1.54) is 6.21 Å². The second kappa shape index (κ2) is 9.67. The number of nitrogens with one attached hydrogen (secondary N) is 1. The number of aliphatic carboxylic acids is 1. The number of aliphatic hydroxyl groups is 1. The number of aliphatic hydroxyl groups excluding tert-OH is 1. The van der Waals surface area contributed by atoms with Gasteiger partial charge in [-0.2, -0.15) is 5.10 Å². The predicted molar refractivity (Wildman–Crippen MR) is 94.4 cm³/mol. The molecule has 0 radical (unpaired) electrons. The van der Waals surface area contributed by atoms with Crippen molar-refractivity contribution in [2.45, 2.75) is 50.7 Å². The van der Waals surface area contributed by atoms with Gasteiger partial charge in [0.1, 0.15) is 12.1 Å². The zero-order valence-corrected chi connectivity index (χ0v) is 14.4. The average Bonchev–Trinajstić information content (AvgIpc) is 2.89. The van der Waals surface area contributed by atoms with E-state index in [1.54, 1.807) is 24.3 Å². The van der Waals surface area contributed by atoms with Gasteiger partial charge in [-0.25, -0.2) is 9.80 Å². The summed E-state index contributed by atoms with van der Waals surface area (Å²) in [5.74, 6) is -1.23. The van der Waals surface area contributed by atoms with Gasteiger partial charge in [0.15, 0.2) is 0 Å². The number of hydrogen-bond acceptors (Lipinski definition) is 5. The third-order valence-electron chi connectivity index (χ3n) is 4.13. The summed E-state index contributed by atoms with van der Waals surface area (Å²) in [6, 6.07) is 7.55. The molecule has 0 spiro atoms. The first-order chi connectivity index (χ1) is 12.5. The molecule has 0 bridgehead atoms. The average molecular weight is 361 g/mol. The Morgan fingerprint density at radius 1 is 1.19 bits per heavy atom. The van der Waals surface area contributed by atoms with Crippen LogP contribution in [0, 0.1) is 0 Å². The second-order valence-electron chi connectivity index (χ2n) is 6.12. The fourth-order valence-electron chi connectivity index (χ4n) is 2.72. The predicted octanol–water partition coefficient (Wildman–Crippen LogP) is 2.05. The van der Waals surface area contributed by atoms with E-state index >= 15 is 0 Å². The molecule has 0 saturated carbocycles. The van der Waals surface area contributed by atoms with Crippen LogP contribution in [0.15, 0.2) is 35.4 Å². The molecule has 2 atom stereocenters. The van der Waals surface area contributed by atoms with Gasteiger partial charge in [-0.15, -0.1) is 0 Å². The van der Waals surface area contributed by atoms with Gasteiger partial charge < -0.3 is 10.2 Å². The third kappa shape index (κ3) is 5.66. The maximum atomic E-state index is 11.9. The van der Waals surface area contributed by atoms with Crippen molar-refractivity contribution in [1.82, 2.24) is 10.3 Å². The molecule has 140 valence electrons. The molecular weight excluding hydrogens is 338 g/mol. The lowest BCUT2D eigenvalue weighted by atomic mass is 10.1. The number of hydrogen-bond donors (Lipinski definition) is 3. The molecule has 8 nitrogen and oxygen atoms in total. The summed E-state index contributed by atoms with van der Waals surface area (Å²) in [5.41, 5.74) is 0.636. The van der Waals surface area contributed by atoms with Gasteiger partial charge in [-0.05, 0) is 18.4 Å². The zero-order chi connectivity index (χ0) is 18.9. The van der Waals surface area contributed by atoms with Gasteiger partial charge in [0.2, 0.25) is 0 Å². The molecule has 1 heterocycles. The van der Waals surface area contributed by atoms with Crippen molar-refractivity contribution in [2.75, 3.05) is 0 Å². The Kier molecular flexibility index (Phi) is 7.28. The number of urea groups is 1. The molecule has 1 aliphatic heterocycles. The Bertz CT molecular complexity index is 662. The van der Waals surface area contributed by atoms with Crippen molar-refractivity contribution < 1.29 is 24.6 Å². The molecule has 2 unspecified atom stereocenters. The van der Waals surface area contributed by atoms with Crippen LogP contribution in [0.2, 0.25) is 0 Å². The quantitative estimate of drug-likeness (QED) is 0.335. The highest BCUT2D eigenvalue weighted by atomic mass is 16.4. The monoisotopic (exact) mass is 361 g/mol. The van der Waals surface area contributed by atoms with E-state index in [0.29, 0.717) is 24.8 Å². The molecule has 1 saturated heterocycles. The number of nitrogens with zero attached hydrogens (tertiary/aromatic N) is 2. The Hall–Kier alpha value is -2.74. The number of imide groups is 1. The van der Waals surface area contributed by atoms with E-state index < -0.39 is 30.1 Å². The lowest BCUT2D eigenvalue weighted by molar-refractivity contribution is -0.137. The van der Waals surface area contributed by atoms with Crippen LogP contribution in [-0.2, 0) is 9.59 Å². The molecule has 3 N–H and O–H groups in total. The molecule has 26 heavy (non-hydrogen) atoms. The van der Waals surface area contributed by atoms with Gasteiger partial charge in [0.05, 0.1) is 6.21 Å². The normalized spacial score (nSPS) is 18.3. The van der Waals surface area contributed by atoms with E-state index in [9.17, 15) is 19.5 Å². The Morgan fingerprint density at radius 2 is 1.88 bits per heavy atom. The summed E-state index contributed by atoms with van der Waals surface area (Å²) in [6.07, 6.45) is 3.62. The number of carbonyl (C=O) groups is 3. The second-order valence-corrected chi connectivity index (χ2v) is 6.12. The Labute approximate surface area is 151 Å². The first-order valence-corrected chi connectivity index (χ1v) is 8.62. The third-order valence-corrected chi connectivity index (χ3v) is 4.13. The summed E-state index contributed by atoms with van der Waals surface area (Å²) in [4.78, 5) is 34.3. The van der Waals surface area contributed by atoms with Gasteiger partial charge in [0, 0.05) is 6.42 Å². The topological polar surface area (TPSA) is 119 Å². The van der Waals surface area contributed by atoms with Gasteiger partial charge >= 0.3 is 12.0 Å². The Balaban J connectivity index is 1.86. The maximum absolute atomic E-state index is 11.9. The first-order valence-electron chi connectivity index (χ1n) is 8.62. The summed E-state index contributed by atoms with van der Waals surface area (Å²) < 4.78 is 0. The van der Waals surface area contributed by atoms with Gasteiger partial charge in [0.25, 0.3) is 5.91 Å². The van der Waals surface area contributed by atoms with E-state index in [0.717, 1.165) is 17.9 Å². The van der Waals surface area contributed by atoms with Crippen molar-refractivity contribution in [3.63, 3.8) is 0 Å². The molecule has 1 aromatic rings. The summed E-state index contributed by atoms with van der Waals surface area (Å²) in [5, 5.41) is 26.0. The summed E-state index contributed by atoms with van der Waals surface area (Å²) >= 11 is 0. The van der Waals surface area contributed by atoms with Gasteiger partial charge in [-0.1, -0.05) is 49.6 Å². The molecule has 0 aromatic heterocycles. The number of hydrazone groups is 1. The largest absolute Gasteiger partial charge is 0.481 e. The van der Waals surface area contributed by atoms with E-state index in [2.05, 4.69) is 10.4 Å². The van der Waals surface area contributed by atoms with Crippen molar-refractivity contribution in [1.29, 1.82) is 0 Å². The molecule has 1 fully saturated rings. The number of amides is 3. The fraction of sp³-hybridized carbons (Fsp3) is 0.444. The minimum Gasteiger partial charge on any atom is -0.481 e. The standard InChI is InChI=1S/C18H23N3O5/c22-15(13-8-4-3-5-9-13)12-19-21-14(17(25)20-18(21)26)10-6-1-2-7-11-16(23)24/h3-5,8-9,12,14-15,22H,1-2,6-7,10-11H2,(H,23,24)(H,20,25,26). The highest BCUT2D eigenvalue weighted by Crippen LogP contribution is 2.18. The molecule has 1 aromatic carbocycles. The molecule has 3 amide bonds. The molecule has 1 aliphatic rings. The highest BCUT2D eigenvalue weighted by molar-refractivity contribution is 6.04. The van der Waals surface area contributed by atoms with E-state index in [-0.39, 0.29) is 6.42 Å². The van der Waals surface area contributed by atoms with Crippen LogP contribution in [0.1, 0.15) is 50.2 Å². The van der Waals surface area contributed by atoms with Crippen molar-refractivity contribution in [3.05, 3.63) is 35.9 Å². The minimum atomic E-state index is -0.976. The number of carboxylic acids is 1. The van der Waals surface area contributed by atoms with E-state index in [4.69, 9.17) is 5.11 Å². The number of benzene rings is 1. The van der Waals surface area contributed by atoms with Crippen molar-refractivity contribution >= 4 is 24.1 Å². The van der Waals surface area contributed by atoms with Crippen molar-refractivity contribution in [2.24, 2.45) is 5.10 Å². The van der Waals surface area contributed by atoms with Crippen LogP contribution in [-0.4, -0.2) is 45.4 Å². The van der Waals surface area contributed by atoms with Crippen LogP contribution in [0.4, 0.5) is 4.79 Å². The zero-order valence-electron chi connectivity index (χ0n) is 14.4. The summed E-state index contributed by atoms with van der Waals surface area (Å²) in [7, 11) is 0. The first kappa shape index (κ1) is 19.6. The molecule has 0 aliphatic carbocycles. The van der Waals surface area contributed by atoms with Crippen LogP contribution in [0.25, 0.3) is 0 Å². The fourth-order valence-corrected chi connectivity index (χ4v) is 2.72. The maximum Gasteiger partial charge on any atom is 0.345 e. The number of carboxylic acid groups (broad SMARTS) is 1. The lowest BCUT2D eigenvalue weighted by Crippen LogP contribution is -2.31. The van der Waals surface area contributed by atoms with Crippen LogP contribution < -0.4 is 5.32 Å². The van der Waals surface area contributed by atoms with E-state index in [1.807, 2.05) is 6.07 Å². The summed E-state index contributed by atoms with van der Waals surface area (Å²) in [6.45, 7) is 0. The van der Waals surface area contributed by atoms with Crippen LogP contribution in [0.3, 0.4) is 0 Å². The highest BCUT2D eigenvalue weighted by Gasteiger charge is 2.38. The molecule has 8 heteroatoms. The van der Waals surface area contributed by atoms with Crippen molar-refractivity contribution in [3.8, 4) is 0 Å². The smallest absolute Gasteiger partial charge is 0.345 e. The minimum absolute atomic E-state index is 0.135. The molecule has 2 rings (SSSR count). The Morgan fingerprint density at radius 3 is 2.58 bits per heavy atom. The van der Waals surface area contributed by atoms with Crippen LogP contribution >= 0.6 is 0 Å². The molecular formula is C18H23N3O5. The van der Waals surface area contributed by atoms with Crippen LogP contribution in [0.5, 0.6) is 0 Å². The number of carbonyl (C=O) groups excluding carboxylic acids is 2.